The Morgan fingerprint density at radius 2 is 1.81 bits per heavy atom. The maximum atomic E-state index is 12.2. The fraction of sp³-hybridized carbons (Fsp3) is 0.588. The van der Waals surface area contributed by atoms with Crippen LogP contribution in [0.15, 0.2) is 24.3 Å². The Balaban J connectivity index is 1.85. The van der Waals surface area contributed by atoms with Gasteiger partial charge in [0.15, 0.2) is 6.10 Å². The first kappa shape index (κ1) is 16.2. The van der Waals surface area contributed by atoms with Gasteiger partial charge in [0.2, 0.25) is 0 Å². The van der Waals surface area contributed by atoms with Gasteiger partial charge in [0.1, 0.15) is 5.75 Å². The number of hydrogen-bond acceptors (Lipinski definition) is 2. The summed E-state index contributed by atoms with van der Waals surface area (Å²) in [7, 11) is 0. The van der Waals surface area contributed by atoms with E-state index in [-0.39, 0.29) is 11.9 Å². The van der Waals surface area contributed by atoms with Crippen LogP contribution in [0.1, 0.15) is 51.9 Å². The highest BCUT2D eigenvalue weighted by Gasteiger charge is 2.20. The van der Waals surface area contributed by atoms with Crippen LogP contribution in [0.5, 0.6) is 5.75 Å². The minimum Gasteiger partial charge on any atom is -0.479 e. The predicted octanol–water partition coefficient (Wildman–Crippen LogP) is 4.34. The van der Waals surface area contributed by atoms with Crippen LogP contribution in [0.2, 0.25) is 5.02 Å². The number of carbonyl (C=O) groups excluding carboxylic acids is 1. The second-order valence-corrected chi connectivity index (χ2v) is 6.15. The molecule has 0 unspecified atom stereocenters. The van der Waals surface area contributed by atoms with Crippen LogP contribution >= 0.6 is 11.6 Å². The molecule has 3 nitrogen and oxygen atoms in total. The second kappa shape index (κ2) is 8.28. The molecule has 0 aromatic heterocycles. The predicted molar refractivity (Wildman–Crippen MR) is 85.8 cm³/mol. The van der Waals surface area contributed by atoms with E-state index in [0.29, 0.717) is 10.8 Å². The number of nitrogens with one attached hydrogen (secondary N) is 1. The van der Waals surface area contributed by atoms with Crippen molar-refractivity contribution in [2.24, 2.45) is 0 Å². The molecule has 1 aromatic carbocycles. The fourth-order valence-corrected chi connectivity index (χ4v) is 2.88. The lowest BCUT2D eigenvalue weighted by Crippen LogP contribution is -2.42. The first-order chi connectivity index (χ1) is 10.2. The van der Waals surface area contributed by atoms with E-state index in [1.807, 2.05) is 12.1 Å². The molecule has 1 N–H and O–H groups in total. The third-order valence-electron chi connectivity index (χ3n) is 3.96. The highest BCUT2D eigenvalue weighted by molar-refractivity contribution is 6.32. The number of benzene rings is 1. The maximum Gasteiger partial charge on any atom is 0.260 e. The van der Waals surface area contributed by atoms with E-state index in [9.17, 15) is 4.79 Å². The zero-order valence-corrected chi connectivity index (χ0v) is 13.4. The van der Waals surface area contributed by atoms with Gasteiger partial charge in [0.05, 0.1) is 5.02 Å². The fourth-order valence-electron chi connectivity index (χ4n) is 2.70. The average Bonchev–Trinajstić information content (AvgIpc) is 2.44. The monoisotopic (exact) mass is 309 g/mol. The largest absolute Gasteiger partial charge is 0.479 e. The number of amides is 1. The van der Waals surface area contributed by atoms with E-state index in [1.54, 1.807) is 19.1 Å². The van der Waals surface area contributed by atoms with E-state index in [0.717, 1.165) is 12.8 Å². The van der Waals surface area contributed by atoms with Gasteiger partial charge in [-0.2, -0.15) is 0 Å². The number of rotatable bonds is 4. The number of carbonyl (C=O) groups is 1. The van der Waals surface area contributed by atoms with Gasteiger partial charge in [-0.25, -0.2) is 0 Å². The minimum absolute atomic E-state index is 0.0551. The zero-order valence-electron chi connectivity index (χ0n) is 12.6. The summed E-state index contributed by atoms with van der Waals surface area (Å²) in [5.41, 5.74) is 0. The zero-order chi connectivity index (χ0) is 15.1. The van der Waals surface area contributed by atoms with Crippen molar-refractivity contribution in [1.29, 1.82) is 0 Å². The van der Waals surface area contributed by atoms with E-state index in [4.69, 9.17) is 16.3 Å². The molecule has 4 heteroatoms. The van der Waals surface area contributed by atoms with Crippen molar-refractivity contribution in [2.75, 3.05) is 0 Å². The number of halogens is 1. The van der Waals surface area contributed by atoms with Crippen LogP contribution in [0.25, 0.3) is 0 Å². The molecule has 1 aromatic rings. The van der Waals surface area contributed by atoms with Gasteiger partial charge in [-0.1, -0.05) is 55.8 Å². The summed E-state index contributed by atoms with van der Waals surface area (Å²) in [6.45, 7) is 1.77. The molecule has 0 spiro atoms. The highest BCUT2D eigenvalue weighted by atomic mass is 35.5. The Hall–Kier alpha value is -1.22. The normalized spacial score (nSPS) is 18.4. The van der Waals surface area contributed by atoms with Gasteiger partial charge < -0.3 is 10.1 Å². The van der Waals surface area contributed by atoms with Crippen molar-refractivity contribution in [1.82, 2.24) is 5.32 Å². The molecule has 2 rings (SSSR count). The van der Waals surface area contributed by atoms with Crippen LogP contribution in [0.3, 0.4) is 0 Å². The summed E-state index contributed by atoms with van der Waals surface area (Å²) in [5.74, 6) is 0.500. The molecule has 1 saturated carbocycles. The van der Waals surface area contributed by atoms with E-state index in [1.165, 1.54) is 32.1 Å². The smallest absolute Gasteiger partial charge is 0.260 e. The van der Waals surface area contributed by atoms with Gasteiger partial charge in [-0.05, 0) is 31.9 Å². The number of para-hydroxylation sites is 1. The molecule has 0 heterocycles. The molecule has 1 fully saturated rings. The molecular formula is C17H24ClNO2. The van der Waals surface area contributed by atoms with Crippen LogP contribution in [0, 0.1) is 0 Å². The molecule has 1 aliphatic carbocycles. The molecule has 1 aliphatic rings. The molecule has 1 atom stereocenters. The van der Waals surface area contributed by atoms with Gasteiger partial charge in [-0.15, -0.1) is 0 Å². The topological polar surface area (TPSA) is 38.3 Å². The Labute approximate surface area is 132 Å². The maximum absolute atomic E-state index is 12.2. The summed E-state index contributed by atoms with van der Waals surface area (Å²) in [6.07, 6.45) is 7.89. The van der Waals surface area contributed by atoms with Crippen LogP contribution < -0.4 is 10.1 Å². The third kappa shape index (κ3) is 5.24. The van der Waals surface area contributed by atoms with Crippen molar-refractivity contribution in [3.05, 3.63) is 29.3 Å². The van der Waals surface area contributed by atoms with Crippen molar-refractivity contribution >= 4 is 17.5 Å². The number of hydrogen-bond donors (Lipinski definition) is 1. The lowest BCUT2D eigenvalue weighted by Gasteiger charge is -2.23. The van der Waals surface area contributed by atoms with Gasteiger partial charge >= 0.3 is 0 Å². The SMILES string of the molecule is C[C@H](Oc1ccccc1Cl)C(=O)NC1CCCCCCC1. The first-order valence-corrected chi connectivity index (χ1v) is 8.26. The summed E-state index contributed by atoms with van der Waals surface area (Å²) in [6, 6.07) is 7.52. The number of ether oxygens (including phenoxy) is 1. The second-order valence-electron chi connectivity index (χ2n) is 5.74. The van der Waals surface area contributed by atoms with E-state index in [2.05, 4.69) is 5.32 Å². The molecule has 21 heavy (non-hydrogen) atoms. The molecule has 0 saturated heterocycles. The third-order valence-corrected chi connectivity index (χ3v) is 4.27. The molecular weight excluding hydrogens is 286 g/mol. The summed E-state index contributed by atoms with van der Waals surface area (Å²) in [4.78, 5) is 12.2. The van der Waals surface area contributed by atoms with Gasteiger partial charge in [0, 0.05) is 6.04 Å². The Morgan fingerprint density at radius 3 is 2.48 bits per heavy atom. The Bertz CT molecular complexity index is 456. The Morgan fingerprint density at radius 1 is 1.19 bits per heavy atom. The van der Waals surface area contributed by atoms with Crippen molar-refractivity contribution in [2.45, 2.75) is 64.0 Å². The van der Waals surface area contributed by atoms with Crippen LogP contribution in [-0.4, -0.2) is 18.1 Å². The first-order valence-electron chi connectivity index (χ1n) is 7.88. The lowest BCUT2D eigenvalue weighted by atomic mass is 9.96. The van der Waals surface area contributed by atoms with Gasteiger partial charge in [-0.3, -0.25) is 4.79 Å². The minimum atomic E-state index is -0.532. The molecule has 0 radical (unpaired) electrons. The van der Waals surface area contributed by atoms with Crippen molar-refractivity contribution in [3.63, 3.8) is 0 Å². The Kier molecular flexibility index (Phi) is 6.37. The van der Waals surface area contributed by atoms with Gasteiger partial charge in [0.25, 0.3) is 5.91 Å². The van der Waals surface area contributed by atoms with Crippen LogP contribution in [-0.2, 0) is 4.79 Å². The standard InChI is InChI=1S/C17H24ClNO2/c1-13(21-16-12-8-7-11-15(16)18)17(20)19-14-9-5-3-2-4-6-10-14/h7-8,11-14H,2-6,9-10H2,1H3,(H,19,20)/t13-/m0/s1. The van der Waals surface area contributed by atoms with E-state index >= 15 is 0 Å². The average molecular weight is 310 g/mol. The highest BCUT2D eigenvalue weighted by Crippen LogP contribution is 2.24. The molecule has 1 amide bonds. The lowest BCUT2D eigenvalue weighted by molar-refractivity contribution is -0.128. The summed E-state index contributed by atoms with van der Waals surface area (Å²) >= 11 is 6.05. The summed E-state index contributed by atoms with van der Waals surface area (Å²) in [5, 5.41) is 3.65. The quantitative estimate of drug-likeness (QED) is 0.898. The van der Waals surface area contributed by atoms with Crippen molar-refractivity contribution in [3.8, 4) is 5.75 Å². The van der Waals surface area contributed by atoms with E-state index < -0.39 is 6.10 Å². The van der Waals surface area contributed by atoms with Crippen LogP contribution in [0.4, 0.5) is 0 Å². The molecule has 116 valence electrons. The van der Waals surface area contributed by atoms with Crippen molar-refractivity contribution < 1.29 is 9.53 Å². The molecule has 0 bridgehead atoms. The molecule has 0 aliphatic heterocycles. The summed E-state index contributed by atoms with van der Waals surface area (Å²) < 4.78 is 5.66.